The number of rotatable bonds is 19. The standard InChI is InChI=1S/C24H24F4N2O2.C22H18F6N2O3.C22H22F4N2O3.C21H21F4N3O2/c1-13-9-16(4-8-21(13)25)29-23(32)15-3-7-22(26)20(10-15)24(27,28)14(2)30-17-5-6-18(30)12-19(31)11-17;1-11-7-14(4-6-16(11)23)29-19(32)13-3-5-17(24)15(8-13)22(27,28)20(33)30-10-21(25,26)9-18(30)12(2)31;1-12-9-15(4-6-17(12)23)27-20(30)14-3-5-18(24)16(10-14)22(25,26)21(31)28-8-7-19(29)13(2)11-28;1-12-9-15(11-19(23)26-12)27-20(30)14-3-4-18(22)17(10-14)21(24,25)13(2)28-7-5-16(29)6-8-28/h3-4,7-10,17-19,31H,2,5-6,11-12H2,1H3,(H,29,32);3-8,18H,9-10H2,1-2H3,(H,29,32);3-6,9-10,13,19,29H,7-8,11H2,1-2H3,(H,27,30);3-4,9-11,16,29H,2,5-8H2,1H3,(H,26,27,30)/t17-,18+,19?;;;. The number of piperidine rings is 3. The van der Waals surface area contributed by atoms with Gasteiger partial charge in [-0.25, -0.2) is 44.5 Å². The SMILES string of the molecule is C=C(N1CCC(O)CC1)C(F)(F)c1cc(C(=O)Nc2cc(C)nc(F)c2)ccc1F.C=C(N1[C@@H]2CC[C@H]1CC(O)C2)C(F)(F)c1cc(C(=O)Nc2ccc(F)c(C)c2)ccc1F.CC(=O)C1CC(F)(F)CN1C(=O)C(F)(F)c1cc(C(=O)Nc2ccc(F)c(C)c2)ccc1F.Cc1cc(NC(=O)c2ccc(F)c(C(F)(F)C(=O)N3CCC(O)C(C)C3)c2)ccc1F. The normalized spacial score (nSPS) is 18.8. The molecule has 2 bridgehead atoms. The number of aryl methyl sites for hydroxylation is 4. The van der Waals surface area contributed by atoms with E-state index in [0.717, 1.165) is 78.6 Å². The molecule has 6 heterocycles. The lowest BCUT2D eigenvalue weighted by Crippen LogP contribution is -2.50. The first kappa shape index (κ1) is 96.1. The number of aromatic nitrogens is 1. The molecule has 5 aliphatic heterocycles. The van der Waals surface area contributed by atoms with Crippen LogP contribution in [-0.2, 0) is 38.1 Å². The summed E-state index contributed by atoms with van der Waals surface area (Å²) >= 11 is 0. The van der Waals surface area contributed by atoms with Gasteiger partial charge in [-0.15, -0.1) is 0 Å². The van der Waals surface area contributed by atoms with Gasteiger partial charge >= 0.3 is 23.7 Å². The van der Waals surface area contributed by atoms with Crippen molar-refractivity contribution < 1.29 is 128 Å². The molecule has 6 amide bonds. The summed E-state index contributed by atoms with van der Waals surface area (Å²) < 4.78 is 259. The molecule has 0 spiro atoms. The van der Waals surface area contributed by atoms with Gasteiger partial charge in [0, 0.05) is 101 Å². The van der Waals surface area contributed by atoms with Crippen LogP contribution in [0.5, 0.6) is 0 Å². The number of anilines is 4. The Labute approximate surface area is 710 Å². The van der Waals surface area contributed by atoms with E-state index in [4.69, 9.17) is 0 Å². The molecule has 5 fully saturated rings. The molecule has 13 rings (SSSR count). The molecule has 6 atom stereocenters. The Morgan fingerprint density at radius 3 is 1.17 bits per heavy atom. The first-order valence-corrected chi connectivity index (χ1v) is 39.2. The van der Waals surface area contributed by atoms with E-state index in [-0.39, 0.29) is 94.5 Å². The van der Waals surface area contributed by atoms with Crippen LogP contribution < -0.4 is 21.3 Å². The van der Waals surface area contributed by atoms with Crippen LogP contribution in [0, 0.1) is 80.3 Å². The van der Waals surface area contributed by atoms with Gasteiger partial charge in [0.05, 0.1) is 64.5 Å². The molecule has 5 saturated heterocycles. The van der Waals surface area contributed by atoms with Crippen molar-refractivity contribution >= 4 is 64.0 Å². The Bertz CT molecular complexity index is 5490. The van der Waals surface area contributed by atoms with Crippen molar-refractivity contribution in [3.63, 3.8) is 0 Å². The third-order valence-corrected chi connectivity index (χ3v) is 22.0. The van der Waals surface area contributed by atoms with Crippen LogP contribution in [0.4, 0.5) is 102 Å². The molecule has 19 nitrogen and oxygen atoms in total. The molecular weight excluding hydrogens is 1700 g/mol. The zero-order valence-electron chi connectivity index (χ0n) is 68.2. The highest BCUT2D eigenvalue weighted by molar-refractivity contribution is 6.07. The number of carbonyl (C=O) groups excluding carboxylic acids is 7. The highest BCUT2D eigenvalue weighted by atomic mass is 19.3. The molecule has 126 heavy (non-hydrogen) atoms. The number of nitrogens with zero attached hydrogens (tertiary/aromatic N) is 5. The van der Waals surface area contributed by atoms with E-state index >= 15 is 17.6 Å². The molecule has 4 unspecified atom stereocenters. The molecule has 5 aliphatic rings. The van der Waals surface area contributed by atoms with Crippen molar-refractivity contribution in [3.05, 3.63) is 278 Å². The minimum Gasteiger partial charge on any atom is -0.393 e. The Morgan fingerprint density at radius 1 is 0.437 bits per heavy atom. The number of pyridine rings is 1. The second-order valence-electron chi connectivity index (χ2n) is 31.3. The van der Waals surface area contributed by atoms with Gasteiger partial charge in [-0.1, -0.05) is 20.1 Å². The molecule has 8 aromatic rings. The van der Waals surface area contributed by atoms with Crippen molar-refractivity contribution in [2.45, 2.75) is 159 Å². The van der Waals surface area contributed by atoms with Crippen LogP contribution in [0.3, 0.4) is 0 Å². The first-order valence-electron chi connectivity index (χ1n) is 39.2. The number of likely N-dealkylation sites (tertiary alicyclic amines) is 3. The lowest BCUT2D eigenvalue weighted by atomic mass is 9.95. The van der Waals surface area contributed by atoms with Crippen LogP contribution in [0.2, 0.25) is 0 Å². The Kier molecular flexibility index (Phi) is 29.6. The molecule has 7 N–H and O–H groups in total. The average Bonchev–Trinajstić information content (AvgIpc) is 1.64. The van der Waals surface area contributed by atoms with E-state index in [0.29, 0.717) is 79.7 Å². The summed E-state index contributed by atoms with van der Waals surface area (Å²) in [5, 5.41) is 38.9. The molecule has 37 heteroatoms. The number of fused-ring (bicyclic) bond motifs is 2. The van der Waals surface area contributed by atoms with Crippen LogP contribution in [-0.4, -0.2) is 156 Å². The summed E-state index contributed by atoms with van der Waals surface area (Å²) in [6, 6.07) is 21.0. The molecule has 0 aliphatic carbocycles. The van der Waals surface area contributed by atoms with Crippen LogP contribution in [0.1, 0.15) is 151 Å². The smallest absolute Gasteiger partial charge is 0.352 e. The maximum atomic E-state index is 15.4. The molecule has 672 valence electrons. The predicted octanol–water partition coefficient (Wildman–Crippen LogP) is 17.4. The van der Waals surface area contributed by atoms with E-state index in [2.05, 4.69) is 39.4 Å². The number of allylic oxidation sites excluding steroid dienone is 2. The van der Waals surface area contributed by atoms with E-state index < -0.39 is 200 Å². The quantitative estimate of drug-likeness (QED) is 0.0294. The van der Waals surface area contributed by atoms with Crippen molar-refractivity contribution in [2.75, 3.05) is 54.0 Å². The fourth-order valence-electron chi connectivity index (χ4n) is 15.0. The monoisotopic (exact) mass is 1780 g/mol. The number of benzene rings is 7. The van der Waals surface area contributed by atoms with Gasteiger partial charge in [-0.05, 0) is 236 Å². The summed E-state index contributed by atoms with van der Waals surface area (Å²) in [7, 11) is 0. The second kappa shape index (κ2) is 38.8. The van der Waals surface area contributed by atoms with Gasteiger partial charge in [0.25, 0.3) is 41.4 Å². The largest absolute Gasteiger partial charge is 0.393 e. The lowest BCUT2D eigenvalue weighted by Gasteiger charge is -2.42. The van der Waals surface area contributed by atoms with Gasteiger partial charge in [-0.3, -0.25) is 33.6 Å². The first-order chi connectivity index (χ1) is 58.9. The van der Waals surface area contributed by atoms with Gasteiger partial charge in [0.1, 0.15) is 40.7 Å². The summed E-state index contributed by atoms with van der Waals surface area (Å²) in [6.07, 6.45) is -0.0893. The summed E-state index contributed by atoms with van der Waals surface area (Å²) in [5.74, 6) is -35.7. The van der Waals surface area contributed by atoms with Gasteiger partial charge in [0.15, 0.2) is 5.78 Å². The third-order valence-electron chi connectivity index (χ3n) is 22.0. The third kappa shape index (κ3) is 22.2. The molecule has 0 radical (unpaired) electrons. The lowest BCUT2D eigenvalue weighted by molar-refractivity contribution is -0.163. The zero-order chi connectivity index (χ0) is 92.9. The van der Waals surface area contributed by atoms with E-state index in [1.54, 1.807) is 6.92 Å². The van der Waals surface area contributed by atoms with Crippen molar-refractivity contribution in [3.8, 4) is 0 Å². The number of aliphatic hydroxyl groups is 3. The van der Waals surface area contributed by atoms with Crippen LogP contribution >= 0.6 is 0 Å². The van der Waals surface area contributed by atoms with Crippen LogP contribution in [0.25, 0.3) is 0 Å². The Morgan fingerprint density at radius 2 is 0.794 bits per heavy atom. The number of Topliss-reactive ketones (excluding diaryl/α,β-unsaturated/α-hetero) is 1. The minimum atomic E-state index is -4.64. The highest BCUT2D eigenvalue weighted by Gasteiger charge is 2.57. The summed E-state index contributed by atoms with van der Waals surface area (Å²) in [4.78, 5) is 93.8. The fourth-order valence-corrected chi connectivity index (χ4v) is 15.0. The molecular formula is C89H85F18N9O10. The van der Waals surface area contributed by atoms with E-state index in [1.807, 2.05) is 0 Å². The van der Waals surface area contributed by atoms with Crippen molar-refractivity contribution in [1.82, 2.24) is 24.6 Å². The highest BCUT2D eigenvalue weighted by Crippen LogP contribution is 2.48. The summed E-state index contributed by atoms with van der Waals surface area (Å²) in [6.45, 7) is 14.3. The number of halogens is 18. The average molecular weight is 1780 g/mol. The molecule has 7 aromatic carbocycles. The van der Waals surface area contributed by atoms with Crippen molar-refractivity contribution in [1.29, 1.82) is 0 Å². The number of alkyl halides is 10. The van der Waals surface area contributed by atoms with E-state index in [9.17, 15) is 110 Å². The number of amides is 6. The maximum absolute atomic E-state index is 15.4. The van der Waals surface area contributed by atoms with Gasteiger partial charge in [-0.2, -0.15) is 39.5 Å². The molecule has 1 aromatic heterocycles. The minimum absolute atomic E-state index is 0.0375. The van der Waals surface area contributed by atoms with Crippen molar-refractivity contribution in [2.24, 2.45) is 5.92 Å². The number of carbonyl (C=O) groups is 7. The number of hydrogen-bond donors (Lipinski definition) is 7. The summed E-state index contributed by atoms with van der Waals surface area (Å²) in [5.41, 5.74) is -5.02. The Hall–Kier alpha value is -12.1. The van der Waals surface area contributed by atoms with Crippen LogP contribution in [0.15, 0.2) is 164 Å². The maximum Gasteiger partial charge on any atom is 0.352 e. The fraction of sp³-hybridized carbons (Fsp3) is 0.348. The number of aliphatic hydroxyl groups excluding tert-OH is 3. The Balaban J connectivity index is 0.000000175. The molecule has 0 saturated carbocycles. The van der Waals surface area contributed by atoms with E-state index in [1.165, 1.54) is 86.0 Å². The number of nitrogens with one attached hydrogen (secondary N) is 4. The van der Waals surface area contributed by atoms with Gasteiger partial charge in [0.2, 0.25) is 5.95 Å². The van der Waals surface area contributed by atoms with Gasteiger partial charge < -0.3 is 56.2 Å². The predicted molar refractivity (Wildman–Crippen MR) is 426 cm³/mol. The number of hydrogen-bond acceptors (Lipinski definition) is 13. The number of ketones is 1. The second-order valence-corrected chi connectivity index (χ2v) is 31.3. The topological polar surface area (TPSA) is 254 Å². The zero-order valence-corrected chi connectivity index (χ0v) is 68.2.